The Labute approximate surface area is 119 Å². The predicted molar refractivity (Wildman–Crippen MR) is 82.0 cm³/mol. The first-order valence-corrected chi connectivity index (χ1v) is 7.60. The fraction of sp³-hybridized carbons (Fsp3) is 0.933. The van der Waals surface area contributed by atoms with Gasteiger partial charge in [-0.05, 0) is 40.0 Å². The number of carbonyl (C=O) groups excluding carboxylic acids is 1. The normalized spacial score (nSPS) is 15.1. The monoisotopic (exact) mass is 271 g/mol. The molecule has 2 unspecified atom stereocenters. The summed E-state index contributed by atoms with van der Waals surface area (Å²) in [4.78, 5) is 14.2. The second-order valence-electron chi connectivity index (χ2n) is 5.98. The molecule has 2 atom stereocenters. The predicted octanol–water partition coefficient (Wildman–Crippen LogP) is 1.98. The summed E-state index contributed by atoms with van der Waals surface area (Å²) in [5.74, 6) is 0.220. The van der Waals surface area contributed by atoms with Gasteiger partial charge in [-0.1, -0.05) is 20.3 Å². The van der Waals surface area contributed by atoms with Crippen molar-refractivity contribution in [1.82, 2.24) is 10.2 Å². The number of nitrogens with one attached hydrogen (secondary N) is 1. The minimum absolute atomic E-state index is 0.0185. The lowest BCUT2D eigenvalue weighted by atomic mass is 9.99. The molecule has 19 heavy (non-hydrogen) atoms. The van der Waals surface area contributed by atoms with E-state index in [2.05, 4.69) is 44.8 Å². The van der Waals surface area contributed by atoms with E-state index in [4.69, 9.17) is 5.73 Å². The van der Waals surface area contributed by atoms with E-state index >= 15 is 0 Å². The molecule has 0 rings (SSSR count). The Morgan fingerprint density at radius 2 is 1.68 bits per heavy atom. The lowest BCUT2D eigenvalue weighted by Gasteiger charge is -2.30. The molecular formula is C15H33N3O. The van der Waals surface area contributed by atoms with Gasteiger partial charge in [0.15, 0.2) is 0 Å². The Bertz CT molecular complexity index is 246. The molecule has 0 aromatic carbocycles. The molecule has 0 saturated heterocycles. The molecule has 0 aromatic rings. The Morgan fingerprint density at radius 3 is 2.11 bits per heavy atom. The molecule has 0 saturated carbocycles. The van der Waals surface area contributed by atoms with Gasteiger partial charge in [0, 0.05) is 25.2 Å². The van der Waals surface area contributed by atoms with Gasteiger partial charge in [0.1, 0.15) is 0 Å². The molecular weight excluding hydrogens is 238 g/mol. The first-order valence-electron chi connectivity index (χ1n) is 7.60. The fourth-order valence-electron chi connectivity index (χ4n) is 2.22. The molecule has 0 aliphatic heterocycles. The van der Waals surface area contributed by atoms with E-state index in [1.54, 1.807) is 0 Å². The van der Waals surface area contributed by atoms with Gasteiger partial charge in [0.2, 0.25) is 5.91 Å². The molecule has 0 fully saturated rings. The smallest absolute Gasteiger partial charge is 0.237 e. The number of amides is 1. The summed E-state index contributed by atoms with van der Waals surface area (Å²) in [6.07, 6.45) is 1.90. The van der Waals surface area contributed by atoms with Crippen LogP contribution in [0.2, 0.25) is 0 Å². The van der Waals surface area contributed by atoms with E-state index in [-0.39, 0.29) is 17.9 Å². The first kappa shape index (κ1) is 18.4. The highest BCUT2D eigenvalue weighted by Gasteiger charge is 2.19. The SMILES string of the molecule is CCC(C)C(N)C(=O)NCCCN(C(C)C)C(C)C. The van der Waals surface area contributed by atoms with Crippen LogP contribution in [0.25, 0.3) is 0 Å². The van der Waals surface area contributed by atoms with Gasteiger partial charge in [-0.25, -0.2) is 0 Å². The van der Waals surface area contributed by atoms with E-state index in [1.807, 2.05) is 6.92 Å². The molecule has 4 heteroatoms. The standard InChI is InChI=1S/C15H33N3O/c1-7-13(6)14(16)15(19)17-9-8-10-18(11(2)3)12(4)5/h11-14H,7-10,16H2,1-6H3,(H,17,19). The highest BCUT2D eigenvalue weighted by atomic mass is 16.2. The van der Waals surface area contributed by atoms with Crippen molar-refractivity contribution in [2.75, 3.05) is 13.1 Å². The minimum Gasteiger partial charge on any atom is -0.355 e. The second-order valence-corrected chi connectivity index (χ2v) is 5.98. The summed E-state index contributed by atoms with van der Waals surface area (Å²) >= 11 is 0. The summed E-state index contributed by atoms with van der Waals surface area (Å²) in [5.41, 5.74) is 5.89. The van der Waals surface area contributed by atoms with Gasteiger partial charge in [-0.2, -0.15) is 0 Å². The van der Waals surface area contributed by atoms with E-state index in [0.717, 1.165) is 19.4 Å². The molecule has 0 aromatic heterocycles. The lowest BCUT2D eigenvalue weighted by molar-refractivity contribution is -0.123. The molecule has 114 valence electrons. The number of rotatable bonds is 9. The number of nitrogens with zero attached hydrogens (tertiary/aromatic N) is 1. The van der Waals surface area contributed by atoms with E-state index in [0.29, 0.717) is 18.6 Å². The molecule has 0 aliphatic rings. The molecule has 0 heterocycles. The summed E-state index contributed by atoms with van der Waals surface area (Å²) in [5, 5.41) is 2.94. The summed E-state index contributed by atoms with van der Waals surface area (Å²) in [7, 11) is 0. The average molecular weight is 271 g/mol. The van der Waals surface area contributed by atoms with Gasteiger partial charge in [0.05, 0.1) is 6.04 Å². The molecule has 0 spiro atoms. The molecule has 0 aliphatic carbocycles. The van der Waals surface area contributed by atoms with Gasteiger partial charge >= 0.3 is 0 Å². The fourth-order valence-corrected chi connectivity index (χ4v) is 2.22. The van der Waals surface area contributed by atoms with E-state index < -0.39 is 0 Å². The highest BCUT2D eigenvalue weighted by Crippen LogP contribution is 2.06. The molecule has 3 N–H and O–H groups in total. The van der Waals surface area contributed by atoms with E-state index in [1.165, 1.54) is 0 Å². The maximum Gasteiger partial charge on any atom is 0.237 e. The largest absolute Gasteiger partial charge is 0.355 e. The van der Waals surface area contributed by atoms with Crippen molar-refractivity contribution in [2.24, 2.45) is 11.7 Å². The Balaban J connectivity index is 3.94. The van der Waals surface area contributed by atoms with Crippen LogP contribution in [0, 0.1) is 5.92 Å². The zero-order valence-electron chi connectivity index (χ0n) is 13.6. The number of nitrogens with two attached hydrogens (primary N) is 1. The third kappa shape index (κ3) is 6.92. The highest BCUT2D eigenvalue weighted by molar-refractivity contribution is 5.81. The van der Waals surface area contributed by atoms with Crippen LogP contribution in [0.1, 0.15) is 54.4 Å². The quantitative estimate of drug-likeness (QED) is 0.631. The van der Waals surface area contributed by atoms with Gasteiger partial charge in [-0.3, -0.25) is 9.69 Å². The van der Waals surface area contributed by atoms with Crippen LogP contribution >= 0.6 is 0 Å². The van der Waals surface area contributed by atoms with Crippen LogP contribution in [0.5, 0.6) is 0 Å². The topological polar surface area (TPSA) is 58.4 Å². The maximum atomic E-state index is 11.8. The van der Waals surface area contributed by atoms with Crippen LogP contribution in [-0.4, -0.2) is 42.0 Å². The van der Waals surface area contributed by atoms with Crippen LogP contribution in [0.15, 0.2) is 0 Å². The Hall–Kier alpha value is -0.610. The van der Waals surface area contributed by atoms with Gasteiger partial charge in [0.25, 0.3) is 0 Å². The second kappa shape index (κ2) is 9.32. The molecule has 0 bridgehead atoms. The van der Waals surface area contributed by atoms with Gasteiger partial charge in [-0.15, -0.1) is 0 Å². The summed E-state index contributed by atoms with van der Waals surface area (Å²) < 4.78 is 0. The van der Waals surface area contributed by atoms with Crippen molar-refractivity contribution in [3.8, 4) is 0 Å². The lowest BCUT2D eigenvalue weighted by Crippen LogP contribution is -2.45. The number of hydrogen-bond donors (Lipinski definition) is 2. The van der Waals surface area contributed by atoms with Crippen molar-refractivity contribution in [1.29, 1.82) is 0 Å². The average Bonchev–Trinajstić information content (AvgIpc) is 2.35. The number of hydrogen-bond acceptors (Lipinski definition) is 3. The maximum absolute atomic E-state index is 11.8. The molecule has 4 nitrogen and oxygen atoms in total. The zero-order chi connectivity index (χ0) is 15.0. The number of carbonyl (C=O) groups is 1. The third-order valence-corrected chi connectivity index (χ3v) is 3.78. The Morgan fingerprint density at radius 1 is 1.16 bits per heavy atom. The van der Waals surface area contributed by atoms with Crippen molar-refractivity contribution >= 4 is 5.91 Å². The summed E-state index contributed by atoms with van der Waals surface area (Å²) in [6, 6.07) is 0.701. The van der Waals surface area contributed by atoms with Crippen LogP contribution in [0.3, 0.4) is 0 Å². The Kier molecular flexibility index (Phi) is 9.02. The van der Waals surface area contributed by atoms with Crippen LogP contribution in [-0.2, 0) is 4.79 Å². The van der Waals surface area contributed by atoms with Crippen molar-refractivity contribution in [3.05, 3.63) is 0 Å². The van der Waals surface area contributed by atoms with Crippen molar-refractivity contribution < 1.29 is 4.79 Å². The van der Waals surface area contributed by atoms with Crippen LogP contribution in [0.4, 0.5) is 0 Å². The van der Waals surface area contributed by atoms with Crippen molar-refractivity contribution in [3.63, 3.8) is 0 Å². The summed E-state index contributed by atoms with van der Waals surface area (Å²) in [6.45, 7) is 14.6. The first-order chi connectivity index (χ1) is 8.81. The third-order valence-electron chi connectivity index (χ3n) is 3.78. The molecule has 1 amide bonds. The van der Waals surface area contributed by atoms with Gasteiger partial charge < -0.3 is 11.1 Å². The zero-order valence-corrected chi connectivity index (χ0v) is 13.6. The van der Waals surface area contributed by atoms with Crippen LogP contribution < -0.4 is 11.1 Å². The van der Waals surface area contributed by atoms with E-state index in [9.17, 15) is 4.79 Å². The minimum atomic E-state index is -0.378. The van der Waals surface area contributed by atoms with Crippen molar-refractivity contribution in [2.45, 2.75) is 72.5 Å². The molecule has 0 radical (unpaired) electrons.